The highest BCUT2D eigenvalue weighted by atomic mass is 16.7. The Balaban J connectivity index is 1.35. The SMILES string of the molecule is CC(C(=O)NCc1ccc2c(c1)OCO2)N1CCc2c(ncn2C)C1. The van der Waals surface area contributed by atoms with Crippen molar-refractivity contribution in [2.45, 2.75) is 32.5 Å². The van der Waals surface area contributed by atoms with Gasteiger partial charge in [0.05, 0.1) is 18.1 Å². The maximum atomic E-state index is 12.5. The number of amides is 1. The maximum Gasteiger partial charge on any atom is 0.237 e. The molecule has 0 bridgehead atoms. The van der Waals surface area contributed by atoms with Gasteiger partial charge in [-0.05, 0) is 24.6 Å². The topological polar surface area (TPSA) is 68.6 Å². The van der Waals surface area contributed by atoms with Crippen molar-refractivity contribution >= 4 is 5.91 Å². The van der Waals surface area contributed by atoms with E-state index in [9.17, 15) is 4.79 Å². The fraction of sp³-hybridized carbons (Fsp3) is 0.444. The lowest BCUT2D eigenvalue weighted by molar-refractivity contribution is -0.126. The van der Waals surface area contributed by atoms with E-state index < -0.39 is 0 Å². The fourth-order valence-corrected chi connectivity index (χ4v) is 3.36. The highest BCUT2D eigenvalue weighted by Crippen LogP contribution is 2.32. The number of hydrogen-bond acceptors (Lipinski definition) is 5. The van der Waals surface area contributed by atoms with Crippen molar-refractivity contribution in [2.24, 2.45) is 7.05 Å². The molecule has 7 heteroatoms. The summed E-state index contributed by atoms with van der Waals surface area (Å²) in [5.74, 6) is 1.51. The average molecular weight is 342 g/mol. The minimum atomic E-state index is -0.191. The van der Waals surface area contributed by atoms with Crippen LogP contribution in [-0.4, -0.2) is 39.7 Å². The molecule has 1 atom stereocenters. The van der Waals surface area contributed by atoms with Crippen molar-refractivity contribution in [2.75, 3.05) is 13.3 Å². The maximum absolute atomic E-state index is 12.5. The molecule has 1 amide bonds. The van der Waals surface area contributed by atoms with Crippen LogP contribution in [0.5, 0.6) is 11.5 Å². The zero-order valence-electron chi connectivity index (χ0n) is 14.5. The third-order valence-electron chi connectivity index (χ3n) is 4.97. The molecule has 7 nitrogen and oxygen atoms in total. The molecule has 1 N–H and O–H groups in total. The van der Waals surface area contributed by atoms with Crippen molar-refractivity contribution in [3.05, 3.63) is 41.5 Å². The number of fused-ring (bicyclic) bond motifs is 2. The lowest BCUT2D eigenvalue weighted by Crippen LogP contribution is -2.47. The summed E-state index contributed by atoms with van der Waals surface area (Å²) >= 11 is 0. The number of carbonyl (C=O) groups excluding carboxylic acids is 1. The molecule has 4 rings (SSSR count). The molecule has 132 valence electrons. The fourth-order valence-electron chi connectivity index (χ4n) is 3.36. The van der Waals surface area contributed by atoms with Gasteiger partial charge < -0.3 is 19.4 Å². The molecule has 3 heterocycles. The second-order valence-corrected chi connectivity index (χ2v) is 6.55. The number of benzene rings is 1. The first-order valence-electron chi connectivity index (χ1n) is 8.51. The Kier molecular flexibility index (Phi) is 4.09. The Hall–Kier alpha value is -2.54. The lowest BCUT2D eigenvalue weighted by Gasteiger charge is -2.31. The molecule has 1 aromatic heterocycles. The number of nitrogens with one attached hydrogen (secondary N) is 1. The smallest absolute Gasteiger partial charge is 0.237 e. The number of ether oxygens (including phenoxy) is 2. The Morgan fingerprint density at radius 1 is 1.36 bits per heavy atom. The summed E-state index contributed by atoms with van der Waals surface area (Å²) in [5.41, 5.74) is 3.34. The summed E-state index contributed by atoms with van der Waals surface area (Å²) in [6.45, 7) is 4.26. The monoisotopic (exact) mass is 342 g/mol. The van der Waals surface area contributed by atoms with Crippen LogP contribution in [0.25, 0.3) is 0 Å². The van der Waals surface area contributed by atoms with Gasteiger partial charge in [-0.15, -0.1) is 0 Å². The molecule has 2 aliphatic rings. The molecular weight excluding hydrogens is 320 g/mol. The molecule has 0 saturated heterocycles. The van der Waals surface area contributed by atoms with Gasteiger partial charge in [0.2, 0.25) is 12.7 Å². The Morgan fingerprint density at radius 3 is 3.08 bits per heavy atom. The van der Waals surface area contributed by atoms with E-state index in [1.807, 2.05) is 38.5 Å². The summed E-state index contributed by atoms with van der Waals surface area (Å²) in [6, 6.07) is 5.54. The number of aryl methyl sites for hydroxylation is 1. The minimum absolute atomic E-state index is 0.0250. The summed E-state index contributed by atoms with van der Waals surface area (Å²) in [6.07, 6.45) is 2.77. The van der Waals surface area contributed by atoms with E-state index in [-0.39, 0.29) is 18.7 Å². The summed E-state index contributed by atoms with van der Waals surface area (Å²) in [4.78, 5) is 19.1. The Morgan fingerprint density at radius 2 is 2.20 bits per heavy atom. The van der Waals surface area contributed by atoms with Gasteiger partial charge in [-0.25, -0.2) is 4.98 Å². The van der Waals surface area contributed by atoms with Crippen LogP contribution < -0.4 is 14.8 Å². The molecule has 2 aliphatic heterocycles. The van der Waals surface area contributed by atoms with Crippen LogP contribution in [0.2, 0.25) is 0 Å². The first-order valence-corrected chi connectivity index (χ1v) is 8.51. The summed E-state index contributed by atoms with van der Waals surface area (Å²) in [5, 5.41) is 3.01. The van der Waals surface area contributed by atoms with E-state index in [0.29, 0.717) is 6.54 Å². The predicted octanol–water partition coefficient (Wildman–Crippen LogP) is 1.21. The van der Waals surface area contributed by atoms with Crippen molar-refractivity contribution in [1.29, 1.82) is 0 Å². The van der Waals surface area contributed by atoms with E-state index in [0.717, 1.165) is 42.3 Å². The molecule has 0 spiro atoms. The zero-order chi connectivity index (χ0) is 17.4. The van der Waals surface area contributed by atoms with E-state index in [1.165, 1.54) is 5.69 Å². The van der Waals surface area contributed by atoms with Crippen LogP contribution in [0.15, 0.2) is 24.5 Å². The highest BCUT2D eigenvalue weighted by Gasteiger charge is 2.27. The Bertz CT molecular complexity index is 802. The molecule has 25 heavy (non-hydrogen) atoms. The van der Waals surface area contributed by atoms with Crippen LogP contribution >= 0.6 is 0 Å². The lowest BCUT2D eigenvalue weighted by atomic mass is 10.1. The molecule has 1 aromatic carbocycles. The van der Waals surface area contributed by atoms with Crippen LogP contribution in [0.4, 0.5) is 0 Å². The normalized spacial score (nSPS) is 17.2. The first kappa shape index (κ1) is 16.0. The van der Waals surface area contributed by atoms with Gasteiger partial charge in [0.1, 0.15) is 0 Å². The molecule has 0 saturated carbocycles. The van der Waals surface area contributed by atoms with E-state index >= 15 is 0 Å². The summed E-state index contributed by atoms with van der Waals surface area (Å²) < 4.78 is 12.7. The van der Waals surface area contributed by atoms with Crippen molar-refractivity contribution < 1.29 is 14.3 Å². The van der Waals surface area contributed by atoms with Gasteiger partial charge >= 0.3 is 0 Å². The standard InChI is InChI=1S/C18H22N4O3/c1-12(22-6-5-15-14(9-22)20-10-21(15)2)18(23)19-8-13-3-4-16-17(7-13)25-11-24-16/h3-4,7,10,12H,5-6,8-9,11H2,1-2H3,(H,19,23). The van der Waals surface area contributed by atoms with E-state index in [2.05, 4.69) is 19.8 Å². The number of hydrogen-bond donors (Lipinski definition) is 1. The van der Waals surface area contributed by atoms with Gasteiger partial charge in [-0.1, -0.05) is 6.07 Å². The van der Waals surface area contributed by atoms with Crippen molar-refractivity contribution in [1.82, 2.24) is 19.8 Å². The predicted molar refractivity (Wildman–Crippen MR) is 91.2 cm³/mol. The highest BCUT2D eigenvalue weighted by molar-refractivity contribution is 5.81. The molecular formula is C18H22N4O3. The van der Waals surface area contributed by atoms with Crippen LogP contribution in [-0.2, 0) is 31.4 Å². The average Bonchev–Trinajstić information content (AvgIpc) is 3.25. The van der Waals surface area contributed by atoms with Gasteiger partial charge in [0.15, 0.2) is 11.5 Å². The summed E-state index contributed by atoms with van der Waals surface area (Å²) in [7, 11) is 2.02. The van der Waals surface area contributed by atoms with Crippen LogP contribution in [0, 0.1) is 0 Å². The molecule has 1 unspecified atom stereocenters. The van der Waals surface area contributed by atoms with Crippen LogP contribution in [0.3, 0.4) is 0 Å². The second-order valence-electron chi connectivity index (χ2n) is 6.55. The zero-order valence-corrected chi connectivity index (χ0v) is 14.5. The van der Waals surface area contributed by atoms with E-state index in [4.69, 9.17) is 9.47 Å². The third-order valence-corrected chi connectivity index (χ3v) is 4.97. The number of rotatable bonds is 4. The Labute approximate surface area is 146 Å². The number of imidazole rings is 1. The molecule has 0 aliphatic carbocycles. The third kappa shape index (κ3) is 3.07. The van der Waals surface area contributed by atoms with Crippen molar-refractivity contribution in [3.63, 3.8) is 0 Å². The minimum Gasteiger partial charge on any atom is -0.454 e. The molecule has 0 radical (unpaired) electrons. The van der Waals surface area contributed by atoms with Gasteiger partial charge in [-0.3, -0.25) is 9.69 Å². The van der Waals surface area contributed by atoms with E-state index in [1.54, 1.807) is 0 Å². The van der Waals surface area contributed by atoms with Gasteiger partial charge in [0.25, 0.3) is 0 Å². The molecule has 2 aromatic rings. The first-order chi connectivity index (χ1) is 12.1. The van der Waals surface area contributed by atoms with Crippen molar-refractivity contribution in [3.8, 4) is 11.5 Å². The second kappa shape index (κ2) is 6.40. The molecule has 0 fully saturated rings. The number of carbonyl (C=O) groups is 1. The largest absolute Gasteiger partial charge is 0.454 e. The number of aromatic nitrogens is 2. The van der Waals surface area contributed by atoms with Gasteiger partial charge in [-0.2, -0.15) is 0 Å². The van der Waals surface area contributed by atoms with Crippen LogP contribution in [0.1, 0.15) is 23.9 Å². The van der Waals surface area contributed by atoms with Gasteiger partial charge in [0, 0.05) is 38.8 Å². The quantitative estimate of drug-likeness (QED) is 0.905. The number of nitrogens with zero attached hydrogens (tertiary/aromatic N) is 3.